The number of rotatable bonds is 3. The van der Waals surface area contributed by atoms with Gasteiger partial charge in [0.05, 0.1) is 6.61 Å². The molecule has 2 aromatic rings. The quantitative estimate of drug-likeness (QED) is 0.545. The molecular weight excluding hydrogens is 424 g/mol. The molecule has 0 unspecified atom stereocenters. The molecule has 1 saturated carbocycles. The topological polar surface area (TPSA) is 51.7 Å². The predicted octanol–water partition coefficient (Wildman–Crippen LogP) is 6.12. The maximum Gasteiger partial charge on any atom is 0.213 e. The maximum atomic E-state index is 10.1. The minimum atomic E-state index is -0.359. The molecule has 1 spiro atoms. The van der Waals surface area contributed by atoms with Crippen LogP contribution < -0.4 is 4.74 Å². The molecule has 2 fully saturated rings. The summed E-state index contributed by atoms with van der Waals surface area (Å²) >= 11 is 0. The number of likely N-dealkylation sites (tertiary alicyclic amines) is 1. The number of hydrogen-bond acceptors (Lipinski definition) is 5. The molecule has 3 heterocycles. The van der Waals surface area contributed by atoms with Gasteiger partial charge in [-0.1, -0.05) is 51.0 Å². The van der Waals surface area contributed by atoms with E-state index in [0.717, 1.165) is 44.1 Å². The minimum Gasteiger partial charge on any atom is -0.462 e. The van der Waals surface area contributed by atoms with Crippen molar-refractivity contribution >= 4 is 5.78 Å². The molecule has 0 N–H and O–H groups in total. The van der Waals surface area contributed by atoms with Crippen LogP contribution in [0, 0.1) is 12.8 Å². The van der Waals surface area contributed by atoms with Crippen molar-refractivity contribution in [3.8, 4) is 5.75 Å². The highest BCUT2D eigenvalue weighted by Crippen LogP contribution is 2.39. The van der Waals surface area contributed by atoms with Gasteiger partial charge in [-0.2, -0.15) is 0 Å². The second-order valence-corrected chi connectivity index (χ2v) is 10.0. The van der Waals surface area contributed by atoms with Gasteiger partial charge >= 0.3 is 0 Å². The zero-order valence-corrected chi connectivity index (χ0v) is 21.7. The number of hydrogen-bond donors (Lipinski definition) is 0. The lowest BCUT2D eigenvalue weighted by Crippen LogP contribution is -2.54. The van der Waals surface area contributed by atoms with E-state index >= 15 is 0 Å². The average Bonchev–Trinajstić information content (AvgIpc) is 2.81. The lowest BCUT2D eigenvalue weighted by Gasteiger charge is -2.47. The van der Waals surface area contributed by atoms with Crippen LogP contribution >= 0.6 is 0 Å². The normalized spacial score (nSPS) is 19.0. The molecule has 186 valence electrons. The highest BCUT2D eigenvalue weighted by molar-refractivity contribution is 5.77. The fraction of sp³-hybridized carbons (Fsp3) is 0.586. The third-order valence-corrected chi connectivity index (χ3v) is 7.10. The summed E-state index contributed by atoms with van der Waals surface area (Å²) in [6.07, 6.45) is 10.9. The maximum absolute atomic E-state index is 10.1. The van der Waals surface area contributed by atoms with Crippen LogP contribution in [0.1, 0.15) is 76.5 Å². The number of fused-ring (bicyclic) bond motifs is 1. The van der Waals surface area contributed by atoms with Crippen molar-refractivity contribution in [1.82, 2.24) is 9.88 Å². The summed E-state index contributed by atoms with van der Waals surface area (Å²) in [7, 11) is 0. The first-order valence-electron chi connectivity index (χ1n) is 12.9. The minimum absolute atomic E-state index is 0.213. The highest BCUT2D eigenvalue weighted by Gasteiger charge is 2.42. The number of aryl methyl sites for hydroxylation is 2. The van der Waals surface area contributed by atoms with Crippen LogP contribution in [0.2, 0.25) is 0 Å². The van der Waals surface area contributed by atoms with Crippen LogP contribution in [0.25, 0.3) is 0 Å². The fourth-order valence-electron chi connectivity index (χ4n) is 4.20. The molecule has 5 rings (SSSR count). The van der Waals surface area contributed by atoms with E-state index in [1.54, 1.807) is 13.1 Å². The van der Waals surface area contributed by atoms with Gasteiger partial charge in [-0.3, -0.25) is 14.7 Å². The first-order valence-corrected chi connectivity index (χ1v) is 12.9. The van der Waals surface area contributed by atoms with E-state index in [9.17, 15) is 4.79 Å². The molecule has 0 atom stereocenters. The second kappa shape index (κ2) is 12.5. The summed E-state index contributed by atoms with van der Waals surface area (Å²) in [4.78, 5) is 16.7. The highest BCUT2D eigenvalue weighted by atomic mass is 16.7. The van der Waals surface area contributed by atoms with Gasteiger partial charge in [-0.15, -0.1) is 0 Å². The number of piperidine rings is 1. The third-order valence-electron chi connectivity index (χ3n) is 7.10. The monoisotopic (exact) mass is 466 g/mol. The van der Waals surface area contributed by atoms with Gasteiger partial charge in [0.15, 0.2) is 0 Å². The Bertz CT molecular complexity index is 901. The number of aromatic nitrogens is 1. The van der Waals surface area contributed by atoms with Gasteiger partial charge in [0.25, 0.3) is 0 Å². The molecular formula is C29H42N2O3. The Balaban J connectivity index is 0.000000192. The molecule has 34 heavy (non-hydrogen) atoms. The number of carbonyl (C=O) groups is 1. The Morgan fingerprint density at radius 3 is 2.41 bits per heavy atom. The van der Waals surface area contributed by atoms with Gasteiger partial charge in [0.1, 0.15) is 11.5 Å². The molecule has 1 aromatic heterocycles. The summed E-state index contributed by atoms with van der Waals surface area (Å²) in [5.74, 6) is 1.14. The Hall–Kier alpha value is -2.24. The second-order valence-electron chi connectivity index (χ2n) is 10.0. The molecule has 1 saturated heterocycles. The fourth-order valence-corrected chi connectivity index (χ4v) is 4.20. The van der Waals surface area contributed by atoms with Crippen molar-refractivity contribution in [2.45, 2.75) is 91.6 Å². The van der Waals surface area contributed by atoms with Crippen molar-refractivity contribution in [1.29, 1.82) is 0 Å². The lowest BCUT2D eigenvalue weighted by molar-refractivity contribution is -0.231. The van der Waals surface area contributed by atoms with Crippen molar-refractivity contribution in [2.75, 3.05) is 13.1 Å². The number of Topliss-reactive ketones (excluding diaryl/α,β-unsaturated/α-hetero) is 1. The first-order chi connectivity index (χ1) is 16.3. The lowest BCUT2D eigenvalue weighted by atomic mass is 9.89. The number of carbonyl (C=O) groups excluding carboxylic acids is 1. The zero-order valence-electron chi connectivity index (χ0n) is 21.7. The SMILES string of the molecule is CC(=O)C(C)C.CCc1cccnc1.Cc1ccc2c(c1)COC1(CCN(C3CCC3)CC1)O2. The number of nitrogens with zero attached hydrogens (tertiary/aromatic N) is 2. The van der Waals surface area contributed by atoms with Gasteiger partial charge in [-0.25, -0.2) is 0 Å². The van der Waals surface area contributed by atoms with Crippen LogP contribution in [0.3, 0.4) is 0 Å². The van der Waals surface area contributed by atoms with E-state index in [2.05, 4.69) is 48.0 Å². The number of ether oxygens (including phenoxy) is 2. The van der Waals surface area contributed by atoms with E-state index in [1.165, 1.54) is 36.0 Å². The van der Waals surface area contributed by atoms with E-state index in [-0.39, 0.29) is 17.5 Å². The molecule has 1 aromatic carbocycles. The molecule has 0 bridgehead atoms. The number of pyridine rings is 1. The molecule has 0 amide bonds. The molecule has 2 aliphatic heterocycles. The van der Waals surface area contributed by atoms with Crippen LogP contribution in [0.5, 0.6) is 5.75 Å². The Labute approximate surface area is 205 Å². The summed E-state index contributed by atoms with van der Waals surface area (Å²) in [6.45, 7) is 12.5. The van der Waals surface area contributed by atoms with E-state index < -0.39 is 0 Å². The largest absolute Gasteiger partial charge is 0.462 e. The van der Waals surface area contributed by atoms with Crippen molar-refractivity contribution in [3.63, 3.8) is 0 Å². The number of benzene rings is 1. The van der Waals surface area contributed by atoms with Crippen molar-refractivity contribution < 1.29 is 14.3 Å². The average molecular weight is 467 g/mol. The molecule has 1 aliphatic carbocycles. The van der Waals surface area contributed by atoms with E-state index in [1.807, 2.05) is 26.1 Å². The summed E-state index contributed by atoms with van der Waals surface area (Å²) < 4.78 is 12.4. The molecule has 0 radical (unpaired) electrons. The standard InChI is InChI=1S/C17H23NO2.C7H9N.C5H10O/c1-13-5-6-16-14(11-13)12-19-17(20-16)7-9-18(10-8-17)15-3-2-4-15;1-2-7-4-3-5-8-6-7;1-4(2)5(3)6/h5-6,11,15H,2-4,7-10,12H2,1H3;3-6H,2H2,1H3;4H,1-3H3. The Kier molecular flexibility index (Phi) is 9.66. The molecule has 5 nitrogen and oxygen atoms in total. The predicted molar refractivity (Wildman–Crippen MR) is 137 cm³/mol. The molecule has 5 heteroatoms. The van der Waals surface area contributed by atoms with Gasteiger partial charge in [0.2, 0.25) is 5.79 Å². The van der Waals surface area contributed by atoms with Crippen molar-refractivity contribution in [2.24, 2.45) is 5.92 Å². The van der Waals surface area contributed by atoms with E-state index in [4.69, 9.17) is 9.47 Å². The van der Waals surface area contributed by atoms with Crippen LogP contribution in [0.15, 0.2) is 42.7 Å². The Morgan fingerprint density at radius 1 is 1.21 bits per heavy atom. The van der Waals surface area contributed by atoms with E-state index in [0.29, 0.717) is 6.61 Å². The van der Waals surface area contributed by atoms with Crippen LogP contribution in [-0.2, 0) is 22.6 Å². The van der Waals surface area contributed by atoms with Gasteiger partial charge in [-0.05, 0) is 50.8 Å². The van der Waals surface area contributed by atoms with Crippen LogP contribution in [-0.4, -0.2) is 40.6 Å². The van der Waals surface area contributed by atoms with Crippen LogP contribution in [0.4, 0.5) is 0 Å². The summed E-state index contributed by atoms with van der Waals surface area (Å²) in [5, 5.41) is 0. The van der Waals surface area contributed by atoms with Gasteiger partial charge < -0.3 is 9.47 Å². The van der Waals surface area contributed by atoms with Gasteiger partial charge in [0, 0.05) is 55.8 Å². The first kappa shape index (κ1) is 26.4. The van der Waals surface area contributed by atoms with Crippen molar-refractivity contribution in [3.05, 3.63) is 59.4 Å². The Morgan fingerprint density at radius 2 is 1.91 bits per heavy atom. The number of ketones is 1. The zero-order chi connectivity index (χ0) is 24.6. The molecule has 3 aliphatic rings. The third kappa shape index (κ3) is 7.38. The smallest absolute Gasteiger partial charge is 0.213 e. The summed E-state index contributed by atoms with van der Waals surface area (Å²) in [6, 6.07) is 11.3. The summed E-state index contributed by atoms with van der Waals surface area (Å²) in [5.41, 5.74) is 3.76.